The van der Waals surface area contributed by atoms with Crippen LogP contribution in [-0.4, -0.2) is 44.6 Å². The van der Waals surface area contributed by atoms with E-state index in [0.29, 0.717) is 6.54 Å². The van der Waals surface area contributed by atoms with Crippen LogP contribution in [0.5, 0.6) is 0 Å². The minimum Gasteiger partial charge on any atom is -0.862 e. The molecule has 0 spiro atoms. The third-order valence-electron chi connectivity index (χ3n) is 1.32. The Morgan fingerprint density at radius 3 is 2.17 bits per heavy atom. The average Bonchev–Trinajstić information content (AvgIpc) is 1.78. The Hall–Kier alpha value is -0.280. The smallest absolute Gasteiger partial charge is 0.0798 e. The lowest BCUT2D eigenvalue weighted by Gasteiger charge is -2.23. The Balaban J connectivity index is 0. The minimum atomic E-state index is -0.0635. The van der Waals surface area contributed by atoms with Crippen LogP contribution in [0, 0.1) is 0 Å². The molecule has 0 aliphatic carbocycles. The molecule has 0 amide bonds. The molecule has 0 aromatic heterocycles. The molecule has 0 aliphatic rings. The van der Waals surface area contributed by atoms with Crippen molar-refractivity contribution in [2.45, 2.75) is 13.3 Å². The standard InChI is InChI=1S/C8H18N2O.ClH/c1-8(11)9-6-5-7-10(2,3)4;/h5-7H2,1-4H3;1H. The van der Waals surface area contributed by atoms with E-state index in [1.165, 1.54) is 6.92 Å². The van der Waals surface area contributed by atoms with E-state index in [4.69, 9.17) is 0 Å². The highest BCUT2D eigenvalue weighted by atomic mass is 35.5. The second-order valence-corrected chi connectivity index (χ2v) is 3.77. The number of hydrogen-bond acceptors (Lipinski definition) is 2. The topological polar surface area (TPSA) is 35.4 Å². The Labute approximate surface area is 81.1 Å². The summed E-state index contributed by atoms with van der Waals surface area (Å²) in [4.78, 5) is 3.78. The molecule has 4 heteroatoms. The van der Waals surface area contributed by atoms with Gasteiger partial charge in [-0.25, -0.2) is 0 Å². The summed E-state index contributed by atoms with van der Waals surface area (Å²) in [6, 6.07) is 0. The van der Waals surface area contributed by atoms with E-state index in [1.807, 2.05) is 0 Å². The molecule has 0 N–H and O–H groups in total. The summed E-state index contributed by atoms with van der Waals surface area (Å²) in [5.41, 5.74) is 0. The van der Waals surface area contributed by atoms with Crippen LogP contribution in [0.2, 0.25) is 0 Å². The van der Waals surface area contributed by atoms with Crippen LogP contribution in [0.25, 0.3) is 0 Å². The van der Waals surface area contributed by atoms with Crippen molar-refractivity contribution in [2.75, 3.05) is 34.2 Å². The van der Waals surface area contributed by atoms with E-state index >= 15 is 0 Å². The lowest BCUT2D eigenvalue weighted by Crippen LogP contribution is -2.35. The van der Waals surface area contributed by atoms with Crippen molar-refractivity contribution in [3.05, 3.63) is 0 Å². The molecule has 0 saturated carbocycles. The predicted octanol–water partition coefficient (Wildman–Crippen LogP) is 0.283. The first kappa shape index (κ1) is 14.3. The number of hydrogen-bond donors (Lipinski definition) is 0. The van der Waals surface area contributed by atoms with Crippen LogP contribution < -0.4 is 5.11 Å². The maximum absolute atomic E-state index is 10.4. The van der Waals surface area contributed by atoms with Gasteiger partial charge < -0.3 is 14.6 Å². The maximum Gasteiger partial charge on any atom is 0.0798 e. The van der Waals surface area contributed by atoms with Gasteiger partial charge in [0.15, 0.2) is 0 Å². The normalized spacial score (nSPS) is 12.5. The van der Waals surface area contributed by atoms with Gasteiger partial charge >= 0.3 is 0 Å². The summed E-state index contributed by atoms with van der Waals surface area (Å²) in [6.07, 6.45) is 0.989. The van der Waals surface area contributed by atoms with Gasteiger partial charge in [-0.3, -0.25) is 0 Å². The number of aliphatic imine (C=N–C) groups is 1. The van der Waals surface area contributed by atoms with Crippen molar-refractivity contribution < 1.29 is 9.59 Å². The van der Waals surface area contributed by atoms with Crippen LogP contribution in [0.15, 0.2) is 4.99 Å². The van der Waals surface area contributed by atoms with Gasteiger partial charge in [-0.2, -0.15) is 0 Å². The largest absolute Gasteiger partial charge is 0.862 e. The first-order valence-corrected chi connectivity index (χ1v) is 3.90. The number of halogens is 1. The summed E-state index contributed by atoms with van der Waals surface area (Å²) in [7, 11) is 6.40. The fourth-order valence-corrected chi connectivity index (χ4v) is 0.782. The maximum atomic E-state index is 10.4. The van der Waals surface area contributed by atoms with Gasteiger partial charge in [0.2, 0.25) is 0 Å². The van der Waals surface area contributed by atoms with E-state index in [0.717, 1.165) is 17.4 Å². The van der Waals surface area contributed by atoms with Crippen molar-refractivity contribution in [3.8, 4) is 0 Å². The first-order chi connectivity index (χ1) is 4.92. The quantitative estimate of drug-likeness (QED) is 0.274. The number of quaternary nitrogens is 1. The highest BCUT2D eigenvalue weighted by Gasteiger charge is 2.03. The molecule has 0 atom stereocenters. The molecule has 0 saturated heterocycles. The molecule has 0 fully saturated rings. The molecule has 0 rings (SSSR count). The van der Waals surface area contributed by atoms with Crippen molar-refractivity contribution in [1.29, 1.82) is 0 Å². The van der Waals surface area contributed by atoms with E-state index in [9.17, 15) is 5.11 Å². The summed E-state index contributed by atoms with van der Waals surface area (Å²) in [5.74, 6) is -0.0635. The zero-order valence-corrected chi connectivity index (χ0v) is 9.15. The SMILES string of the molecule is CC([O-])=NCCC[N+](C)(C)C.Cl. The van der Waals surface area contributed by atoms with Crippen LogP contribution in [0.3, 0.4) is 0 Å². The highest BCUT2D eigenvalue weighted by Crippen LogP contribution is 1.93. The lowest BCUT2D eigenvalue weighted by atomic mass is 10.4. The Morgan fingerprint density at radius 1 is 1.33 bits per heavy atom. The molecule has 0 heterocycles. The predicted molar refractivity (Wildman–Crippen MR) is 52.7 cm³/mol. The number of nitrogens with zero attached hydrogens (tertiary/aromatic N) is 2. The molecular weight excluding hydrogens is 176 g/mol. The second-order valence-electron chi connectivity index (χ2n) is 3.77. The molecule has 0 aromatic carbocycles. The molecule has 0 unspecified atom stereocenters. The zero-order chi connectivity index (χ0) is 8.91. The van der Waals surface area contributed by atoms with Crippen molar-refractivity contribution >= 4 is 18.3 Å². The van der Waals surface area contributed by atoms with Gasteiger partial charge in [0.05, 0.1) is 27.7 Å². The zero-order valence-electron chi connectivity index (χ0n) is 8.33. The first-order valence-electron chi connectivity index (χ1n) is 3.90. The van der Waals surface area contributed by atoms with Crippen molar-refractivity contribution in [1.82, 2.24) is 0 Å². The third kappa shape index (κ3) is 12.4. The molecule has 0 bridgehead atoms. The summed E-state index contributed by atoms with van der Waals surface area (Å²) >= 11 is 0. The van der Waals surface area contributed by atoms with Gasteiger partial charge in [-0.15, -0.1) is 12.4 Å². The molecule has 12 heavy (non-hydrogen) atoms. The van der Waals surface area contributed by atoms with E-state index in [2.05, 4.69) is 26.1 Å². The molecule has 0 aromatic rings. The third-order valence-corrected chi connectivity index (χ3v) is 1.32. The molecule has 0 radical (unpaired) electrons. The average molecular weight is 195 g/mol. The Bertz CT molecular complexity index is 136. The van der Waals surface area contributed by atoms with Gasteiger partial charge in [0, 0.05) is 13.0 Å². The van der Waals surface area contributed by atoms with Crippen LogP contribution in [0.4, 0.5) is 0 Å². The van der Waals surface area contributed by atoms with Crippen molar-refractivity contribution in [2.24, 2.45) is 4.99 Å². The fourth-order valence-electron chi connectivity index (χ4n) is 0.782. The lowest BCUT2D eigenvalue weighted by molar-refractivity contribution is -0.870. The van der Waals surface area contributed by atoms with Gasteiger partial charge in [-0.1, -0.05) is 0 Å². The number of rotatable bonds is 4. The van der Waals surface area contributed by atoms with Crippen LogP contribution in [0.1, 0.15) is 13.3 Å². The van der Waals surface area contributed by atoms with Gasteiger partial charge in [0.1, 0.15) is 0 Å². The molecule has 0 aliphatic heterocycles. The second kappa shape index (κ2) is 6.26. The molecular formula is C8H19ClN2O. The van der Waals surface area contributed by atoms with Crippen LogP contribution in [-0.2, 0) is 0 Å². The monoisotopic (exact) mass is 194 g/mol. The summed E-state index contributed by atoms with van der Waals surface area (Å²) in [5, 5.41) is 10.4. The molecule has 3 nitrogen and oxygen atoms in total. The van der Waals surface area contributed by atoms with Crippen molar-refractivity contribution in [3.63, 3.8) is 0 Å². The Morgan fingerprint density at radius 2 is 1.83 bits per heavy atom. The van der Waals surface area contributed by atoms with E-state index < -0.39 is 0 Å². The van der Waals surface area contributed by atoms with E-state index in [-0.39, 0.29) is 18.3 Å². The highest BCUT2D eigenvalue weighted by molar-refractivity contribution is 5.85. The van der Waals surface area contributed by atoms with Gasteiger partial charge in [-0.05, 0) is 12.8 Å². The summed E-state index contributed by atoms with van der Waals surface area (Å²) in [6.45, 7) is 3.23. The van der Waals surface area contributed by atoms with Gasteiger partial charge in [0.25, 0.3) is 0 Å². The summed E-state index contributed by atoms with van der Waals surface area (Å²) < 4.78 is 0.938. The Kier molecular flexibility index (Phi) is 7.44. The molecule has 74 valence electrons. The minimum absolute atomic E-state index is 0. The fraction of sp³-hybridized carbons (Fsp3) is 0.875. The van der Waals surface area contributed by atoms with E-state index in [1.54, 1.807) is 0 Å². The van der Waals surface area contributed by atoms with Crippen LogP contribution >= 0.6 is 12.4 Å².